The number of rotatable bonds is 9. The van der Waals surface area contributed by atoms with Gasteiger partial charge in [0, 0.05) is 19.3 Å². The minimum absolute atomic E-state index is 0.0320. The minimum atomic E-state index is -1.12. The van der Waals surface area contributed by atoms with E-state index in [0.29, 0.717) is 16.3 Å². The van der Waals surface area contributed by atoms with Crippen LogP contribution in [0.5, 0.6) is 0 Å². The zero-order valence-corrected chi connectivity index (χ0v) is 27.3. The van der Waals surface area contributed by atoms with Gasteiger partial charge in [0.1, 0.15) is 11.2 Å². The lowest BCUT2D eigenvalue weighted by molar-refractivity contribution is -0.120. The van der Waals surface area contributed by atoms with Crippen molar-refractivity contribution in [3.8, 4) is 0 Å². The van der Waals surface area contributed by atoms with Crippen molar-refractivity contribution in [1.29, 1.82) is 5.41 Å². The number of ether oxygens (including phenoxy) is 2. The van der Waals surface area contributed by atoms with Crippen LogP contribution in [0.3, 0.4) is 0 Å². The Bertz CT molecular complexity index is 1410. The van der Waals surface area contributed by atoms with Gasteiger partial charge in [-0.05, 0) is 73.3 Å². The van der Waals surface area contributed by atoms with Gasteiger partial charge in [0.05, 0.1) is 24.3 Å². The first-order chi connectivity index (χ1) is 20.9. The Morgan fingerprint density at radius 1 is 1.02 bits per heavy atom. The second-order valence-electron chi connectivity index (χ2n) is 12.9. The zero-order valence-electron chi connectivity index (χ0n) is 27.3. The number of benzene rings is 1. The third-order valence-electron chi connectivity index (χ3n) is 7.03. The second kappa shape index (κ2) is 14.1. The number of anilines is 1. The maximum absolute atomic E-state index is 12.9. The van der Waals surface area contributed by atoms with E-state index in [1.165, 1.54) is 0 Å². The van der Waals surface area contributed by atoms with Crippen LogP contribution in [-0.4, -0.2) is 70.3 Å². The van der Waals surface area contributed by atoms with Crippen LogP contribution in [0.15, 0.2) is 35.1 Å². The molecule has 0 unspecified atom stereocenters. The van der Waals surface area contributed by atoms with Crippen molar-refractivity contribution in [2.45, 2.75) is 90.9 Å². The molecule has 246 valence electrons. The summed E-state index contributed by atoms with van der Waals surface area (Å²) in [7, 11) is 1.86. The van der Waals surface area contributed by atoms with Crippen LogP contribution in [0.2, 0.25) is 0 Å². The molecule has 3 amide bonds. The quantitative estimate of drug-likeness (QED) is 0.138. The molecule has 1 aliphatic rings. The molecule has 14 nitrogen and oxygen atoms in total. The van der Waals surface area contributed by atoms with E-state index in [0.717, 1.165) is 24.8 Å². The summed E-state index contributed by atoms with van der Waals surface area (Å²) in [5, 5.41) is 10.9. The summed E-state index contributed by atoms with van der Waals surface area (Å²) in [6.07, 6.45) is 0.484. The first kappa shape index (κ1) is 35.0. The highest BCUT2D eigenvalue weighted by atomic mass is 16.7. The molecular formula is C31H45N7O7. The molecule has 0 bridgehead atoms. The minimum Gasteiger partial charge on any atom is -0.443 e. The summed E-state index contributed by atoms with van der Waals surface area (Å²) in [5.41, 5.74) is 1.72. The second-order valence-corrected chi connectivity index (χ2v) is 12.9. The van der Waals surface area contributed by atoms with Crippen LogP contribution in [0.4, 0.5) is 15.4 Å². The predicted octanol–water partition coefficient (Wildman–Crippen LogP) is 3.88. The molecular weight excluding hydrogens is 582 g/mol. The van der Waals surface area contributed by atoms with Crippen LogP contribution >= 0.6 is 0 Å². The predicted molar refractivity (Wildman–Crippen MR) is 168 cm³/mol. The van der Waals surface area contributed by atoms with Crippen LogP contribution < -0.4 is 21.3 Å². The number of imide groups is 1. The smallest absolute Gasteiger partial charge is 0.427 e. The van der Waals surface area contributed by atoms with E-state index in [1.54, 1.807) is 48.5 Å². The molecule has 1 aromatic heterocycles. The Labute approximate surface area is 263 Å². The number of aryl methyl sites for hydroxylation is 1. The maximum atomic E-state index is 12.9. The van der Waals surface area contributed by atoms with E-state index in [2.05, 4.69) is 32.9 Å². The number of hydroxylamine groups is 1. The molecule has 0 radical (unpaired) electrons. The van der Waals surface area contributed by atoms with Crippen molar-refractivity contribution in [2.24, 2.45) is 0 Å². The van der Waals surface area contributed by atoms with Gasteiger partial charge in [0.15, 0.2) is 5.82 Å². The molecule has 2 aromatic rings. The van der Waals surface area contributed by atoms with Crippen LogP contribution in [-0.2, 0) is 31.1 Å². The number of aromatic amines is 1. The van der Waals surface area contributed by atoms with Gasteiger partial charge in [-0.3, -0.25) is 19.8 Å². The van der Waals surface area contributed by atoms with E-state index in [4.69, 9.17) is 19.7 Å². The van der Waals surface area contributed by atoms with Gasteiger partial charge in [0.25, 0.3) is 5.56 Å². The molecule has 4 N–H and O–H groups in total. The average molecular weight is 628 g/mol. The van der Waals surface area contributed by atoms with Gasteiger partial charge in [0.2, 0.25) is 11.9 Å². The average Bonchev–Trinajstić information content (AvgIpc) is 2.88. The summed E-state index contributed by atoms with van der Waals surface area (Å²) in [5.74, 6) is -0.845. The van der Waals surface area contributed by atoms with Crippen molar-refractivity contribution in [3.63, 3.8) is 0 Å². The van der Waals surface area contributed by atoms with E-state index < -0.39 is 29.3 Å². The molecule has 1 fully saturated rings. The Morgan fingerprint density at radius 3 is 2.11 bits per heavy atom. The van der Waals surface area contributed by atoms with Gasteiger partial charge in [-0.2, -0.15) is 0 Å². The summed E-state index contributed by atoms with van der Waals surface area (Å²) < 4.78 is 10.4. The normalized spacial score (nSPS) is 14.0. The van der Waals surface area contributed by atoms with Gasteiger partial charge >= 0.3 is 12.2 Å². The topological polar surface area (TPSA) is 179 Å². The van der Waals surface area contributed by atoms with Crippen LogP contribution in [0.25, 0.3) is 0 Å². The van der Waals surface area contributed by atoms with E-state index in [9.17, 15) is 19.2 Å². The number of nitrogens with one attached hydrogen (secondary N) is 4. The fraction of sp³-hybridized carbons (Fsp3) is 0.548. The molecule has 14 heteroatoms. The highest BCUT2D eigenvalue weighted by Crippen LogP contribution is 2.46. The van der Waals surface area contributed by atoms with Crippen molar-refractivity contribution in [2.75, 3.05) is 25.1 Å². The van der Waals surface area contributed by atoms with Gasteiger partial charge in [-0.25, -0.2) is 20.1 Å². The van der Waals surface area contributed by atoms with Gasteiger partial charge < -0.3 is 24.7 Å². The van der Waals surface area contributed by atoms with Crippen molar-refractivity contribution in [1.82, 2.24) is 25.7 Å². The standard InChI is InChI=1S/C31H45N7O7/c1-20-22(35-24(25(40)34-20)37(8)31(15-12-16-31)21-13-10-9-11-14-21)19-23(39)33-17-18-43-36-26(32)38(27(41)44-29(2,3)4)28(42)45-30(5,6)7/h9-11,13-14H,12,15-19H2,1-8H3,(H2,32,36)(H,33,39)(H,34,40). The number of hydrogen-bond donors (Lipinski definition) is 4. The Balaban J connectivity index is 1.57. The van der Waals surface area contributed by atoms with Crippen molar-refractivity contribution in [3.05, 3.63) is 57.6 Å². The number of carbonyl (C=O) groups is 3. The van der Waals surface area contributed by atoms with E-state index in [1.807, 2.05) is 30.1 Å². The Hall–Kier alpha value is -4.46. The van der Waals surface area contributed by atoms with E-state index in [-0.39, 0.29) is 42.4 Å². The number of hydrogen-bond acceptors (Lipinski definition) is 10. The van der Waals surface area contributed by atoms with Crippen molar-refractivity contribution >= 4 is 29.9 Å². The number of amides is 3. The van der Waals surface area contributed by atoms with Crippen LogP contribution in [0, 0.1) is 12.3 Å². The summed E-state index contributed by atoms with van der Waals surface area (Å²) >= 11 is 0. The molecule has 3 rings (SSSR count). The number of aromatic nitrogens is 2. The Morgan fingerprint density at radius 2 is 1.60 bits per heavy atom. The summed E-state index contributed by atoms with van der Waals surface area (Å²) in [6, 6.07) is 10.0. The first-order valence-electron chi connectivity index (χ1n) is 14.8. The molecule has 1 aromatic carbocycles. The summed E-state index contributed by atoms with van der Waals surface area (Å²) in [6.45, 7) is 11.3. The number of guanidine groups is 1. The highest BCUT2D eigenvalue weighted by Gasteiger charge is 2.44. The lowest BCUT2D eigenvalue weighted by Crippen LogP contribution is -2.51. The Kier molecular flexibility index (Phi) is 11.0. The molecule has 0 atom stereocenters. The lowest BCUT2D eigenvalue weighted by atomic mass is 9.70. The number of carbonyl (C=O) groups excluding carboxylic acids is 3. The molecule has 45 heavy (non-hydrogen) atoms. The van der Waals surface area contributed by atoms with Gasteiger partial charge in [-0.15, -0.1) is 4.90 Å². The third kappa shape index (κ3) is 9.27. The molecule has 0 spiro atoms. The van der Waals surface area contributed by atoms with Gasteiger partial charge in [-0.1, -0.05) is 30.3 Å². The molecule has 1 aliphatic carbocycles. The molecule has 0 saturated heterocycles. The molecule has 1 saturated carbocycles. The monoisotopic (exact) mass is 627 g/mol. The number of H-pyrrole nitrogens is 1. The maximum Gasteiger partial charge on any atom is 0.427 e. The first-order valence-corrected chi connectivity index (χ1v) is 14.8. The third-order valence-corrected chi connectivity index (χ3v) is 7.03. The highest BCUT2D eigenvalue weighted by molar-refractivity contribution is 6.06. The van der Waals surface area contributed by atoms with Crippen molar-refractivity contribution < 1.29 is 28.7 Å². The zero-order chi connectivity index (χ0) is 33.6. The lowest BCUT2D eigenvalue weighted by Gasteiger charge is -2.49. The fourth-order valence-corrected chi connectivity index (χ4v) is 4.73. The van der Waals surface area contributed by atoms with Crippen LogP contribution in [0.1, 0.15) is 77.8 Å². The number of nitrogens with zero attached hydrogens (tertiary/aromatic N) is 3. The van der Waals surface area contributed by atoms with E-state index >= 15 is 0 Å². The molecule has 0 aliphatic heterocycles. The molecule has 1 heterocycles. The SMILES string of the molecule is Cc1[nH]c(=O)c(N(C)C2(c3ccccc3)CCC2)nc1CC(=O)NCCONC(=N)N(C(=O)OC(C)(C)C)C(=O)OC(C)(C)C. The summed E-state index contributed by atoms with van der Waals surface area (Å²) in [4.78, 5) is 65.9. The fourth-order valence-electron chi connectivity index (χ4n) is 4.73. The largest absolute Gasteiger partial charge is 0.443 e.